The van der Waals surface area contributed by atoms with Gasteiger partial charge in [-0.25, -0.2) is 4.58 Å². The molecule has 0 bridgehead atoms. The molecule has 0 N–H and O–H groups in total. The maximum Gasteiger partial charge on any atom is 0.269 e. The quantitative estimate of drug-likeness (QED) is 0.470. The van der Waals surface area contributed by atoms with Crippen molar-refractivity contribution in [2.24, 2.45) is 0 Å². The summed E-state index contributed by atoms with van der Waals surface area (Å²) >= 11 is 0. The zero-order chi connectivity index (χ0) is 17.9. The molecule has 0 spiro atoms. The normalized spacial score (nSPS) is 20.5. The predicted octanol–water partition coefficient (Wildman–Crippen LogP) is 4.12. The van der Waals surface area contributed by atoms with Crippen molar-refractivity contribution in [1.29, 1.82) is 0 Å². The molecular weight excluding hydrogens is 314 g/mol. The second-order valence-electron chi connectivity index (χ2n) is 7.75. The summed E-state index contributed by atoms with van der Waals surface area (Å²) in [5.41, 5.74) is 2.74. The molecule has 1 saturated heterocycles. The molecule has 5 nitrogen and oxygen atoms in total. The molecule has 0 atom stereocenters. The number of hydrogen-bond donors (Lipinski definition) is 0. The number of nitro benzene ring substituents is 1. The lowest BCUT2D eigenvalue weighted by atomic mass is 9.93. The van der Waals surface area contributed by atoms with E-state index in [9.17, 15) is 10.1 Å². The fourth-order valence-electron chi connectivity index (χ4n) is 3.74. The number of nitrogens with zero attached hydrogens (tertiary/aromatic N) is 3. The van der Waals surface area contributed by atoms with Gasteiger partial charge >= 0.3 is 0 Å². The molecule has 3 rings (SSSR count). The largest absolute Gasteiger partial charge is 0.374 e. The van der Waals surface area contributed by atoms with Crippen LogP contribution < -0.4 is 0 Å². The molecule has 2 aliphatic heterocycles. The third-order valence-corrected chi connectivity index (χ3v) is 5.35. The molecule has 25 heavy (non-hydrogen) atoms. The minimum absolute atomic E-state index is 0.0398. The highest BCUT2D eigenvalue weighted by molar-refractivity contribution is 5.68. The third-order valence-electron chi connectivity index (χ3n) is 5.35. The van der Waals surface area contributed by atoms with Gasteiger partial charge in [-0.1, -0.05) is 12.8 Å². The van der Waals surface area contributed by atoms with Crippen LogP contribution in [0.5, 0.6) is 0 Å². The lowest BCUT2D eigenvalue weighted by Gasteiger charge is -2.33. The molecule has 0 aromatic heterocycles. The van der Waals surface area contributed by atoms with Crippen molar-refractivity contribution in [2.75, 3.05) is 13.1 Å². The van der Waals surface area contributed by atoms with Crippen LogP contribution in [0.15, 0.2) is 36.0 Å². The number of non-ortho nitro benzene ring substituents is 1. The summed E-state index contributed by atoms with van der Waals surface area (Å²) in [6, 6.07) is 6.89. The summed E-state index contributed by atoms with van der Waals surface area (Å²) in [6.45, 7) is 7.68. The van der Waals surface area contributed by atoms with Gasteiger partial charge in [0, 0.05) is 56.4 Å². The molecule has 0 unspecified atom stereocenters. The first-order valence-electron chi connectivity index (χ1n) is 9.25. The van der Waals surface area contributed by atoms with Gasteiger partial charge in [0.05, 0.1) is 11.3 Å². The van der Waals surface area contributed by atoms with Crippen LogP contribution in [0, 0.1) is 10.1 Å². The van der Waals surface area contributed by atoms with E-state index in [2.05, 4.69) is 35.6 Å². The summed E-state index contributed by atoms with van der Waals surface area (Å²) in [5, 5.41) is 10.8. The topological polar surface area (TPSA) is 49.4 Å². The molecular formula is C20H28N3O2+. The van der Waals surface area contributed by atoms with Crippen LogP contribution in [-0.4, -0.2) is 39.2 Å². The Balaban J connectivity index is 1.75. The summed E-state index contributed by atoms with van der Waals surface area (Å²) in [7, 11) is 0. The molecule has 5 heteroatoms. The van der Waals surface area contributed by atoms with Crippen molar-refractivity contribution in [2.45, 2.75) is 58.0 Å². The Morgan fingerprint density at radius 3 is 2.32 bits per heavy atom. The molecule has 0 amide bonds. The Kier molecular flexibility index (Phi) is 5.21. The van der Waals surface area contributed by atoms with Crippen LogP contribution >= 0.6 is 0 Å². The minimum atomic E-state index is -0.350. The first-order valence-corrected chi connectivity index (χ1v) is 9.25. The van der Waals surface area contributed by atoms with E-state index in [-0.39, 0.29) is 16.1 Å². The Morgan fingerprint density at radius 2 is 1.76 bits per heavy atom. The van der Waals surface area contributed by atoms with Crippen molar-refractivity contribution in [3.8, 4) is 0 Å². The highest BCUT2D eigenvalue weighted by Gasteiger charge is 2.35. The standard InChI is InChI=1S/C20H28N3O2/c1-20(2)15-19(21-12-5-3-4-6-13-21)11-14-22(20)16-17-7-9-18(10-8-17)23(24)25/h7-11,14H,3-6,12-13,15-16H2,1-2H3/q+1. The van der Waals surface area contributed by atoms with Crippen LogP contribution in [0.1, 0.15) is 51.5 Å². The first kappa shape index (κ1) is 17.6. The molecule has 0 saturated carbocycles. The molecule has 2 heterocycles. The summed E-state index contributed by atoms with van der Waals surface area (Å²) in [6.07, 6.45) is 10.8. The monoisotopic (exact) mass is 342 g/mol. The van der Waals surface area contributed by atoms with E-state index in [0.29, 0.717) is 0 Å². The fraction of sp³-hybridized carbons (Fsp3) is 0.550. The summed E-state index contributed by atoms with van der Waals surface area (Å²) in [5.74, 6) is 0. The van der Waals surface area contributed by atoms with Crippen molar-refractivity contribution in [1.82, 2.24) is 4.90 Å². The summed E-state index contributed by atoms with van der Waals surface area (Å²) in [4.78, 5) is 13.0. The van der Waals surface area contributed by atoms with Crippen molar-refractivity contribution < 1.29 is 9.50 Å². The average molecular weight is 342 g/mol. The SMILES string of the molecule is CC1(C)CC(N2CCCCCC2)=CC=[N+]1Cc1ccc([N+](=O)[O-])cc1. The van der Waals surface area contributed by atoms with E-state index in [1.807, 2.05) is 12.1 Å². The van der Waals surface area contributed by atoms with Crippen molar-refractivity contribution >= 4 is 11.9 Å². The number of nitro groups is 1. The van der Waals surface area contributed by atoms with Gasteiger partial charge in [-0.3, -0.25) is 10.1 Å². The zero-order valence-electron chi connectivity index (χ0n) is 15.3. The van der Waals surface area contributed by atoms with Gasteiger partial charge in [0.25, 0.3) is 5.69 Å². The van der Waals surface area contributed by atoms with E-state index < -0.39 is 0 Å². The minimum Gasteiger partial charge on any atom is -0.374 e. The highest BCUT2D eigenvalue weighted by Crippen LogP contribution is 2.28. The van der Waals surface area contributed by atoms with E-state index in [1.165, 1.54) is 44.5 Å². The van der Waals surface area contributed by atoms with E-state index in [0.717, 1.165) is 18.5 Å². The number of allylic oxidation sites excluding steroid dienone is 1. The van der Waals surface area contributed by atoms with E-state index >= 15 is 0 Å². The zero-order valence-corrected chi connectivity index (χ0v) is 15.3. The van der Waals surface area contributed by atoms with Gasteiger partial charge in [-0.05, 0) is 25.0 Å². The number of rotatable bonds is 4. The predicted molar refractivity (Wildman–Crippen MR) is 99.9 cm³/mol. The molecule has 0 radical (unpaired) electrons. The number of hydrogen-bond acceptors (Lipinski definition) is 3. The molecule has 0 aliphatic carbocycles. The Labute approximate surface area is 149 Å². The van der Waals surface area contributed by atoms with Gasteiger partial charge in [0.2, 0.25) is 0 Å². The maximum absolute atomic E-state index is 10.8. The van der Waals surface area contributed by atoms with Gasteiger partial charge < -0.3 is 4.90 Å². The second kappa shape index (κ2) is 7.38. The molecule has 2 aliphatic rings. The maximum atomic E-state index is 10.8. The van der Waals surface area contributed by atoms with Crippen LogP contribution in [0.3, 0.4) is 0 Å². The molecule has 1 fully saturated rings. The van der Waals surface area contributed by atoms with Crippen LogP contribution in [0.4, 0.5) is 5.69 Å². The van der Waals surface area contributed by atoms with E-state index in [1.54, 1.807) is 12.1 Å². The second-order valence-corrected chi connectivity index (χ2v) is 7.75. The Hall–Kier alpha value is -2.17. The number of benzene rings is 1. The highest BCUT2D eigenvalue weighted by atomic mass is 16.6. The van der Waals surface area contributed by atoms with Crippen molar-refractivity contribution in [3.05, 3.63) is 51.7 Å². The average Bonchev–Trinajstić information content (AvgIpc) is 2.86. The molecule has 1 aromatic rings. The Morgan fingerprint density at radius 1 is 1.12 bits per heavy atom. The first-order chi connectivity index (χ1) is 12.0. The summed E-state index contributed by atoms with van der Waals surface area (Å²) < 4.78 is 2.34. The number of likely N-dealkylation sites (tertiary alicyclic amines) is 1. The lowest BCUT2D eigenvalue weighted by Crippen LogP contribution is -2.42. The third kappa shape index (κ3) is 4.27. The lowest BCUT2D eigenvalue weighted by molar-refractivity contribution is -0.612. The molecule has 134 valence electrons. The van der Waals surface area contributed by atoms with Crippen LogP contribution in [0.25, 0.3) is 0 Å². The van der Waals surface area contributed by atoms with Crippen LogP contribution in [0.2, 0.25) is 0 Å². The van der Waals surface area contributed by atoms with Gasteiger partial charge in [0.15, 0.2) is 18.3 Å². The Bertz CT molecular complexity index is 681. The van der Waals surface area contributed by atoms with E-state index in [4.69, 9.17) is 0 Å². The van der Waals surface area contributed by atoms with Crippen LogP contribution in [-0.2, 0) is 6.54 Å². The fourth-order valence-corrected chi connectivity index (χ4v) is 3.74. The van der Waals surface area contributed by atoms with Gasteiger partial charge in [0.1, 0.15) is 0 Å². The van der Waals surface area contributed by atoms with Gasteiger partial charge in [-0.15, -0.1) is 0 Å². The van der Waals surface area contributed by atoms with Gasteiger partial charge in [-0.2, -0.15) is 0 Å². The van der Waals surface area contributed by atoms with Crippen molar-refractivity contribution in [3.63, 3.8) is 0 Å². The smallest absolute Gasteiger partial charge is 0.269 e. The molecule has 1 aromatic carbocycles.